The molecule has 0 fully saturated rings. The number of aryl methyl sites for hydroxylation is 1. The number of benzene rings is 1. The van der Waals surface area contributed by atoms with Crippen LogP contribution in [0.3, 0.4) is 0 Å². The summed E-state index contributed by atoms with van der Waals surface area (Å²) in [7, 11) is 0. The minimum Gasteiger partial charge on any atom is -0.449 e. The Kier molecular flexibility index (Phi) is 9.57. The third-order valence-corrected chi connectivity index (χ3v) is 4.95. The Labute approximate surface area is 175 Å². The molecule has 1 unspecified atom stereocenters. The highest BCUT2D eigenvalue weighted by Crippen LogP contribution is 2.18. The minimum atomic E-state index is -0.632. The van der Waals surface area contributed by atoms with Crippen molar-refractivity contribution < 1.29 is 18.7 Å². The molecule has 0 saturated carbocycles. The first-order chi connectivity index (χ1) is 13.9. The number of amides is 1. The van der Waals surface area contributed by atoms with Gasteiger partial charge in [-0.2, -0.15) is 0 Å². The summed E-state index contributed by atoms with van der Waals surface area (Å²) in [4.78, 5) is 27.5. The molecule has 7 heteroatoms. The average molecular weight is 421 g/mol. The van der Waals surface area contributed by atoms with Crippen molar-refractivity contribution in [2.45, 2.75) is 45.4 Å². The number of halogens is 2. The van der Waals surface area contributed by atoms with E-state index in [4.69, 9.17) is 16.3 Å². The zero-order chi connectivity index (χ0) is 21.1. The van der Waals surface area contributed by atoms with Gasteiger partial charge >= 0.3 is 6.09 Å². The fourth-order valence-electron chi connectivity index (χ4n) is 2.80. The van der Waals surface area contributed by atoms with E-state index in [9.17, 15) is 14.0 Å². The summed E-state index contributed by atoms with van der Waals surface area (Å²) in [6.45, 7) is 2.27. The number of ether oxygens (including phenoxy) is 1. The van der Waals surface area contributed by atoms with Crippen molar-refractivity contribution >= 4 is 29.3 Å². The van der Waals surface area contributed by atoms with Crippen molar-refractivity contribution in [3.8, 4) is 0 Å². The number of nitrogens with zero attached hydrogens (tertiary/aromatic N) is 1. The molecular weight excluding hydrogens is 395 g/mol. The number of Topliss-reactive ketones (excluding diaryl/α,β-unsaturated/α-hetero) is 1. The monoisotopic (exact) mass is 420 g/mol. The van der Waals surface area contributed by atoms with E-state index in [1.165, 1.54) is 12.1 Å². The molecule has 5 nitrogen and oxygen atoms in total. The molecule has 1 aromatic heterocycles. The molecule has 2 rings (SSSR count). The normalized spacial score (nSPS) is 11.7. The predicted molar refractivity (Wildman–Crippen MR) is 112 cm³/mol. The van der Waals surface area contributed by atoms with Crippen LogP contribution in [-0.4, -0.2) is 23.5 Å². The van der Waals surface area contributed by atoms with Gasteiger partial charge in [-0.15, -0.1) is 0 Å². The Morgan fingerprint density at radius 1 is 1.17 bits per heavy atom. The van der Waals surface area contributed by atoms with Gasteiger partial charge in [0.25, 0.3) is 0 Å². The van der Waals surface area contributed by atoms with Gasteiger partial charge in [0.05, 0.1) is 12.8 Å². The molecule has 1 heterocycles. The van der Waals surface area contributed by atoms with E-state index in [1.54, 1.807) is 0 Å². The molecule has 0 spiro atoms. The molecule has 0 saturated heterocycles. The van der Waals surface area contributed by atoms with Gasteiger partial charge in [-0.25, -0.2) is 14.2 Å². The molecule has 156 valence electrons. The van der Waals surface area contributed by atoms with Crippen molar-refractivity contribution in [2.24, 2.45) is 5.92 Å². The van der Waals surface area contributed by atoms with Crippen LogP contribution in [0, 0.1) is 11.7 Å². The van der Waals surface area contributed by atoms with Gasteiger partial charge in [0, 0.05) is 17.9 Å². The van der Waals surface area contributed by atoms with Crippen molar-refractivity contribution in [1.82, 2.24) is 4.98 Å². The second-order valence-corrected chi connectivity index (χ2v) is 7.45. The van der Waals surface area contributed by atoms with Gasteiger partial charge in [-0.05, 0) is 55.4 Å². The molecule has 2 aromatic rings. The van der Waals surface area contributed by atoms with Gasteiger partial charge in [-0.3, -0.25) is 10.1 Å². The summed E-state index contributed by atoms with van der Waals surface area (Å²) in [5, 5.41) is 3.17. The maximum atomic E-state index is 12.8. The first-order valence-corrected chi connectivity index (χ1v) is 10.1. The van der Waals surface area contributed by atoms with Crippen LogP contribution < -0.4 is 5.32 Å². The SMILES string of the molecule is CC(CCOC(=O)Nc1ccc(F)cn1)CCC(=O)CCCc1ccccc1Cl. The zero-order valence-electron chi connectivity index (χ0n) is 16.5. The van der Waals surface area contributed by atoms with Gasteiger partial charge < -0.3 is 4.74 Å². The molecule has 1 N–H and O–H groups in total. The summed E-state index contributed by atoms with van der Waals surface area (Å²) in [5.74, 6) is 0.257. The molecule has 0 aliphatic carbocycles. The first kappa shape index (κ1) is 22.8. The maximum absolute atomic E-state index is 12.8. The maximum Gasteiger partial charge on any atom is 0.412 e. The molecule has 1 atom stereocenters. The molecule has 29 heavy (non-hydrogen) atoms. The fraction of sp³-hybridized carbons (Fsp3) is 0.409. The lowest BCUT2D eigenvalue weighted by molar-refractivity contribution is -0.119. The van der Waals surface area contributed by atoms with Crippen molar-refractivity contribution in [3.63, 3.8) is 0 Å². The van der Waals surface area contributed by atoms with E-state index < -0.39 is 11.9 Å². The summed E-state index contributed by atoms with van der Waals surface area (Å²) in [5.41, 5.74) is 1.07. The van der Waals surface area contributed by atoms with Gasteiger partial charge in [0.15, 0.2) is 0 Å². The predicted octanol–water partition coefficient (Wildman–Crippen LogP) is 5.82. The largest absolute Gasteiger partial charge is 0.449 e. The Morgan fingerprint density at radius 3 is 2.69 bits per heavy atom. The zero-order valence-corrected chi connectivity index (χ0v) is 17.3. The topological polar surface area (TPSA) is 68.3 Å². The lowest BCUT2D eigenvalue weighted by Gasteiger charge is -2.11. The second kappa shape index (κ2) is 12.2. The van der Waals surface area contributed by atoms with E-state index >= 15 is 0 Å². The minimum absolute atomic E-state index is 0.229. The third kappa shape index (κ3) is 9.05. The van der Waals surface area contributed by atoms with Gasteiger partial charge in [0.1, 0.15) is 17.4 Å². The van der Waals surface area contributed by atoms with Crippen LogP contribution in [0.4, 0.5) is 15.0 Å². The Balaban J connectivity index is 1.55. The van der Waals surface area contributed by atoms with Gasteiger partial charge in [0.2, 0.25) is 0 Å². The van der Waals surface area contributed by atoms with Crippen LogP contribution in [0.25, 0.3) is 0 Å². The number of ketones is 1. The van der Waals surface area contributed by atoms with Crippen LogP contribution in [0.2, 0.25) is 5.02 Å². The Morgan fingerprint density at radius 2 is 1.97 bits per heavy atom. The van der Waals surface area contributed by atoms with Crippen LogP contribution in [0.15, 0.2) is 42.6 Å². The number of carbonyl (C=O) groups excluding carboxylic acids is 2. The molecular formula is C22H26ClFN2O3. The number of anilines is 1. The van der Waals surface area contributed by atoms with Crippen molar-refractivity contribution in [1.29, 1.82) is 0 Å². The van der Waals surface area contributed by atoms with E-state index in [0.29, 0.717) is 19.3 Å². The number of nitrogens with one attached hydrogen (secondary N) is 1. The highest BCUT2D eigenvalue weighted by molar-refractivity contribution is 6.31. The van der Waals surface area contributed by atoms with Gasteiger partial charge in [-0.1, -0.05) is 36.7 Å². The van der Waals surface area contributed by atoms with Crippen LogP contribution in [-0.2, 0) is 16.0 Å². The molecule has 0 aliphatic rings. The standard InChI is InChI=1S/C22H26ClFN2O3/c1-16(13-14-29-22(28)26-21-12-10-18(24)15-25-21)9-11-19(27)7-4-6-17-5-2-3-8-20(17)23/h2-3,5,8,10,12,15-16H,4,6-7,9,11,13-14H2,1H3,(H,25,26,28). The molecule has 1 aromatic carbocycles. The van der Waals surface area contributed by atoms with Crippen molar-refractivity contribution in [2.75, 3.05) is 11.9 Å². The summed E-state index contributed by atoms with van der Waals surface area (Å²) in [6, 6.07) is 10.2. The van der Waals surface area contributed by atoms with E-state index in [2.05, 4.69) is 10.3 Å². The third-order valence-electron chi connectivity index (χ3n) is 4.58. The lowest BCUT2D eigenvalue weighted by Crippen LogP contribution is -2.16. The molecule has 1 amide bonds. The quantitative estimate of drug-likeness (QED) is 0.497. The highest BCUT2D eigenvalue weighted by Gasteiger charge is 2.10. The summed E-state index contributed by atoms with van der Waals surface area (Å²) < 4.78 is 17.9. The number of carbonyl (C=O) groups is 2. The van der Waals surface area contributed by atoms with Crippen LogP contribution >= 0.6 is 11.6 Å². The van der Waals surface area contributed by atoms with E-state index in [0.717, 1.165) is 36.0 Å². The fourth-order valence-corrected chi connectivity index (χ4v) is 3.03. The summed E-state index contributed by atoms with van der Waals surface area (Å²) >= 11 is 6.12. The molecule has 0 bridgehead atoms. The number of aromatic nitrogens is 1. The highest BCUT2D eigenvalue weighted by atomic mass is 35.5. The first-order valence-electron chi connectivity index (χ1n) is 9.74. The number of hydrogen-bond donors (Lipinski definition) is 1. The van der Waals surface area contributed by atoms with E-state index in [1.807, 2.05) is 31.2 Å². The summed E-state index contributed by atoms with van der Waals surface area (Å²) in [6.07, 6.45) is 4.46. The molecule has 0 aliphatic heterocycles. The average Bonchev–Trinajstić information content (AvgIpc) is 2.69. The smallest absolute Gasteiger partial charge is 0.412 e. The Bertz CT molecular complexity index is 799. The Hall–Kier alpha value is -2.47. The van der Waals surface area contributed by atoms with Crippen molar-refractivity contribution in [3.05, 3.63) is 59.0 Å². The van der Waals surface area contributed by atoms with Crippen LogP contribution in [0.1, 0.15) is 44.6 Å². The number of pyridine rings is 1. The molecule has 0 radical (unpaired) electrons. The lowest BCUT2D eigenvalue weighted by atomic mass is 9.98. The van der Waals surface area contributed by atoms with Crippen LogP contribution in [0.5, 0.6) is 0 Å². The number of hydrogen-bond acceptors (Lipinski definition) is 4. The number of rotatable bonds is 11. The van der Waals surface area contributed by atoms with E-state index in [-0.39, 0.29) is 24.1 Å². The second-order valence-electron chi connectivity index (χ2n) is 7.04.